The second-order valence-electron chi connectivity index (χ2n) is 5.82. The molecule has 1 fully saturated rings. The fraction of sp³-hybridized carbons (Fsp3) is 0.412. The van der Waals surface area contributed by atoms with Crippen LogP contribution in [0.15, 0.2) is 30.5 Å². The summed E-state index contributed by atoms with van der Waals surface area (Å²) in [6.07, 6.45) is 4.23. The molecular formula is C17H21N3OS. The largest absolute Gasteiger partial charge is 0.372 e. The van der Waals surface area contributed by atoms with Crippen molar-refractivity contribution in [2.45, 2.75) is 26.3 Å². The van der Waals surface area contributed by atoms with Crippen LogP contribution >= 0.6 is 11.5 Å². The van der Waals surface area contributed by atoms with E-state index in [0.717, 1.165) is 23.5 Å². The number of carbonyl (C=O) groups excluding carboxylic acids is 1. The molecule has 1 aromatic carbocycles. The van der Waals surface area contributed by atoms with Crippen molar-refractivity contribution in [3.8, 4) is 0 Å². The fourth-order valence-corrected chi connectivity index (χ4v) is 3.40. The molecule has 1 aliphatic rings. The van der Waals surface area contributed by atoms with Crippen LogP contribution in [0.2, 0.25) is 0 Å². The third-order valence-electron chi connectivity index (χ3n) is 4.16. The maximum atomic E-state index is 12.4. The Morgan fingerprint density at radius 3 is 2.55 bits per heavy atom. The van der Waals surface area contributed by atoms with Crippen LogP contribution in [0, 0.1) is 6.92 Å². The van der Waals surface area contributed by atoms with Crippen molar-refractivity contribution < 1.29 is 4.79 Å². The van der Waals surface area contributed by atoms with Gasteiger partial charge >= 0.3 is 0 Å². The highest BCUT2D eigenvalue weighted by molar-refractivity contribution is 7.06. The van der Waals surface area contributed by atoms with E-state index in [1.54, 1.807) is 11.1 Å². The highest BCUT2D eigenvalue weighted by Crippen LogP contribution is 2.21. The van der Waals surface area contributed by atoms with E-state index in [9.17, 15) is 4.79 Å². The molecular weight excluding hydrogens is 294 g/mol. The summed E-state index contributed by atoms with van der Waals surface area (Å²) in [7, 11) is 1.84. The van der Waals surface area contributed by atoms with Crippen LogP contribution in [0.1, 0.15) is 33.6 Å². The maximum absolute atomic E-state index is 12.4. The van der Waals surface area contributed by atoms with Gasteiger partial charge in [-0.25, -0.2) is 4.37 Å². The van der Waals surface area contributed by atoms with Crippen LogP contribution in [0.25, 0.3) is 0 Å². The van der Waals surface area contributed by atoms with E-state index >= 15 is 0 Å². The summed E-state index contributed by atoms with van der Waals surface area (Å²) in [6.45, 7) is 4.86. The first-order chi connectivity index (χ1) is 10.6. The van der Waals surface area contributed by atoms with Gasteiger partial charge in [0.2, 0.25) is 0 Å². The zero-order valence-corrected chi connectivity index (χ0v) is 13.9. The SMILES string of the molecule is Cc1sncc1C(=O)N(C)Cc1ccc(N2CCCC2)cc1. The Morgan fingerprint density at radius 1 is 1.27 bits per heavy atom. The lowest BCUT2D eigenvalue weighted by molar-refractivity contribution is 0.0785. The van der Waals surface area contributed by atoms with Gasteiger partial charge in [0.05, 0.1) is 11.8 Å². The number of benzene rings is 1. The molecule has 1 aliphatic heterocycles. The highest BCUT2D eigenvalue weighted by atomic mass is 32.1. The van der Waals surface area contributed by atoms with Gasteiger partial charge in [-0.05, 0) is 49.0 Å². The molecule has 1 saturated heterocycles. The standard InChI is InChI=1S/C17H21N3OS/c1-13-16(11-18-22-13)17(21)19(2)12-14-5-7-15(8-6-14)20-9-3-4-10-20/h5-8,11H,3-4,9-10,12H2,1-2H3. The van der Waals surface area contributed by atoms with E-state index in [1.807, 2.05) is 14.0 Å². The molecule has 1 aromatic heterocycles. The number of anilines is 1. The molecule has 0 bridgehead atoms. The van der Waals surface area contributed by atoms with Crippen molar-refractivity contribution in [2.24, 2.45) is 0 Å². The Hall–Kier alpha value is -1.88. The predicted molar refractivity (Wildman–Crippen MR) is 90.5 cm³/mol. The van der Waals surface area contributed by atoms with Crippen LogP contribution in [-0.2, 0) is 6.54 Å². The minimum absolute atomic E-state index is 0.0369. The zero-order chi connectivity index (χ0) is 15.5. The molecule has 116 valence electrons. The smallest absolute Gasteiger partial charge is 0.256 e. The quantitative estimate of drug-likeness (QED) is 0.868. The summed E-state index contributed by atoms with van der Waals surface area (Å²) in [4.78, 5) is 17.5. The van der Waals surface area contributed by atoms with Gasteiger partial charge in [-0.3, -0.25) is 4.79 Å². The average Bonchev–Trinajstić information content (AvgIpc) is 3.18. The summed E-state index contributed by atoms with van der Waals surface area (Å²) in [5.74, 6) is 0.0369. The first-order valence-electron chi connectivity index (χ1n) is 7.66. The molecule has 2 aromatic rings. The maximum Gasteiger partial charge on any atom is 0.256 e. The van der Waals surface area contributed by atoms with Crippen molar-refractivity contribution in [3.05, 3.63) is 46.5 Å². The molecule has 3 rings (SSSR count). The van der Waals surface area contributed by atoms with E-state index in [4.69, 9.17) is 0 Å². The van der Waals surface area contributed by atoms with Crippen molar-refractivity contribution in [3.63, 3.8) is 0 Å². The van der Waals surface area contributed by atoms with Crippen molar-refractivity contribution in [2.75, 3.05) is 25.0 Å². The molecule has 4 nitrogen and oxygen atoms in total. The molecule has 0 saturated carbocycles. The number of hydrogen-bond acceptors (Lipinski definition) is 4. The summed E-state index contributed by atoms with van der Waals surface area (Å²) in [5.41, 5.74) is 3.15. The second kappa shape index (κ2) is 6.48. The minimum atomic E-state index is 0.0369. The van der Waals surface area contributed by atoms with Gasteiger partial charge in [-0.15, -0.1) is 0 Å². The number of rotatable bonds is 4. The molecule has 1 amide bonds. The molecule has 22 heavy (non-hydrogen) atoms. The van der Waals surface area contributed by atoms with Gasteiger partial charge in [0, 0.05) is 37.2 Å². The van der Waals surface area contributed by atoms with E-state index in [0.29, 0.717) is 12.1 Å². The monoisotopic (exact) mass is 315 g/mol. The van der Waals surface area contributed by atoms with Gasteiger partial charge < -0.3 is 9.80 Å². The van der Waals surface area contributed by atoms with E-state index in [2.05, 4.69) is 33.5 Å². The molecule has 0 spiro atoms. The molecule has 0 radical (unpaired) electrons. The van der Waals surface area contributed by atoms with Crippen molar-refractivity contribution in [1.82, 2.24) is 9.27 Å². The number of aromatic nitrogens is 1. The molecule has 0 atom stereocenters. The molecule has 0 aliphatic carbocycles. The van der Waals surface area contributed by atoms with Gasteiger partial charge in [-0.2, -0.15) is 0 Å². The van der Waals surface area contributed by atoms with E-state index < -0.39 is 0 Å². The zero-order valence-electron chi connectivity index (χ0n) is 13.1. The van der Waals surface area contributed by atoms with Crippen LogP contribution in [-0.4, -0.2) is 35.3 Å². The number of amides is 1. The number of nitrogens with zero attached hydrogens (tertiary/aromatic N) is 3. The summed E-state index contributed by atoms with van der Waals surface area (Å²) >= 11 is 1.37. The molecule has 5 heteroatoms. The lowest BCUT2D eigenvalue weighted by Gasteiger charge is -2.20. The third-order valence-corrected chi connectivity index (χ3v) is 4.86. The first-order valence-corrected chi connectivity index (χ1v) is 8.43. The first kappa shape index (κ1) is 15.0. The van der Waals surface area contributed by atoms with Crippen LogP contribution < -0.4 is 4.90 Å². The number of carbonyl (C=O) groups is 1. The lowest BCUT2D eigenvalue weighted by Crippen LogP contribution is -2.26. The fourth-order valence-electron chi connectivity index (χ4n) is 2.84. The van der Waals surface area contributed by atoms with Gasteiger partial charge in [0.1, 0.15) is 0 Å². The van der Waals surface area contributed by atoms with Crippen LogP contribution in [0.3, 0.4) is 0 Å². The van der Waals surface area contributed by atoms with Crippen LogP contribution in [0.4, 0.5) is 5.69 Å². The molecule has 0 unspecified atom stereocenters. The van der Waals surface area contributed by atoms with E-state index in [-0.39, 0.29) is 5.91 Å². The average molecular weight is 315 g/mol. The van der Waals surface area contributed by atoms with Crippen molar-refractivity contribution >= 4 is 23.1 Å². The van der Waals surface area contributed by atoms with Gasteiger partial charge in [-0.1, -0.05) is 12.1 Å². The second-order valence-corrected chi connectivity index (χ2v) is 6.82. The topological polar surface area (TPSA) is 36.4 Å². The van der Waals surface area contributed by atoms with Gasteiger partial charge in [0.25, 0.3) is 5.91 Å². The Kier molecular flexibility index (Phi) is 4.43. The van der Waals surface area contributed by atoms with Crippen molar-refractivity contribution in [1.29, 1.82) is 0 Å². The Bertz CT molecular complexity index is 644. The lowest BCUT2D eigenvalue weighted by atomic mass is 10.1. The normalized spacial score (nSPS) is 14.4. The summed E-state index contributed by atoms with van der Waals surface area (Å²) in [6, 6.07) is 8.57. The Labute approximate surface area is 135 Å². The number of aryl methyl sites for hydroxylation is 1. The minimum Gasteiger partial charge on any atom is -0.372 e. The number of hydrogen-bond donors (Lipinski definition) is 0. The Balaban J connectivity index is 1.65. The highest BCUT2D eigenvalue weighted by Gasteiger charge is 2.16. The molecule has 2 heterocycles. The van der Waals surface area contributed by atoms with E-state index in [1.165, 1.54) is 30.1 Å². The Morgan fingerprint density at radius 2 is 1.95 bits per heavy atom. The van der Waals surface area contributed by atoms with Gasteiger partial charge in [0.15, 0.2) is 0 Å². The van der Waals surface area contributed by atoms with Crippen LogP contribution in [0.5, 0.6) is 0 Å². The third kappa shape index (κ3) is 3.14. The summed E-state index contributed by atoms with van der Waals surface area (Å²) < 4.78 is 4.08. The molecule has 0 N–H and O–H groups in total. The predicted octanol–water partition coefficient (Wildman–Crippen LogP) is 3.32. The summed E-state index contributed by atoms with van der Waals surface area (Å²) in [5, 5.41) is 0.